The fourth-order valence-electron chi connectivity index (χ4n) is 4.99. The van der Waals surface area contributed by atoms with Gasteiger partial charge in [-0.25, -0.2) is 9.69 Å². The first-order valence-electron chi connectivity index (χ1n) is 10.4. The Kier molecular flexibility index (Phi) is 5.31. The van der Waals surface area contributed by atoms with Crippen molar-refractivity contribution in [1.29, 1.82) is 0 Å². The number of aryl methyl sites for hydroxylation is 1. The Balaban J connectivity index is 1.83. The predicted octanol–water partition coefficient (Wildman–Crippen LogP) is 1.75. The minimum Gasteiger partial charge on any atom is -0.497 e. The van der Waals surface area contributed by atoms with E-state index in [0.717, 1.165) is 11.1 Å². The number of quaternary nitrogens is 1. The van der Waals surface area contributed by atoms with Gasteiger partial charge >= 0.3 is 5.97 Å². The molecule has 2 fully saturated rings. The number of hydrogen-bond donors (Lipinski definition) is 1. The normalized spacial score (nSPS) is 27.4. The summed E-state index contributed by atoms with van der Waals surface area (Å²) in [5.74, 6) is -2.11. The molecule has 162 valence electrons. The largest absolute Gasteiger partial charge is 0.497 e. The fourth-order valence-corrected chi connectivity index (χ4v) is 4.99. The van der Waals surface area contributed by atoms with E-state index in [9.17, 15) is 14.4 Å². The van der Waals surface area contributed by atoms with Crippen LogP contribution in [0.3, 0.4) is 0 Å². The average molecular weight is 423 g/mol. The van der Waals surface area contributed by atoms with Crippen LogP contribution in [0.1, 0.15) is 31.0 Å². The van der Waals surface area contributed by atoms with Crippen LogP contribution in [0.25, 0.3) is 0 Å². The fraction of sp³-hybridized carbons (Fsp3) is 0.375. The number of amides is 2. The van der Waals surface area contributed by atoms with E-state index in [2.05, 4.69) is 0 Å². The third-order valence-electron chi connectivity index (χ3n) is 6.48. The number of hydrogen-bond acceptors (Lipinski definition) is 5. The van der Waals surface area contributed by atoms with Crippen molar-refractivity contribution in [2.45, 2.75) is 32.4 Å². The molecular formula is C24H27N2O5+. The first kappa shape index (κ1) is 21.1. The van der Waals surface area contributed by atoms with Crippen LogP contribution >= 0.6 is 0 Å². The van der Waals surface area contributed by atoms with Crippen molar-refractivity contribution in [1.82, 2.24) is 0 Å². The number of benzene rings is 2. The third kappa shape index (κ3) is 3.20. The van der Waals surface area contributed by atoms with Gasteiger partial charge in [0, 0.05) is 18.6 Å². The molecule has 4 atom stereocenters. The Hall–Kier alpha value is -3.19. The number of ether oxygens (including phenoxy) is 2. The molecule has 2 aromatic carbocycles. The minimum absolute atomic E-state index is 0.205. The van der Waals surface area contributed by atoms with Crippen LogP contribution in [-0.2, 0) is 19.1 Å². The van der Waals surface area contributed by atoms with E-state index in [1.54, 1.807) is 38.1 Å². The maximum absolute atomic E-state index is 13.7. The van der Waals surface area contributed by atoms with Gasteiger partial charge in [0.2, 0.25) is 17.4 Å². The Morgan fingerprint density at radius 2 is 1.87 bits per heavy atom. The van der Waals surface area contributed by atoms with Crippen LogP contribution in [-0.4, -0.2) is 37.0 Å². The van der Waals surface area contributed by atoms with Gasteiger partial charge in [-0.15, -0.1) is 0 Å². The molecule has 0 aliphatic carbocycles. The molecule has 2 saturated heterocycles. The molecule has 2 heterocycles. The van der Waals surface area contributed by atoms with Gasteiger partial charge in [-0.1, -0.05) is 30.3 Å². The van der Waals surface area contributed by atoms with E-state index in [1.165, 1.54) is 12.0 Å². The summed E-state index contributed by atoms with van der Waals surface area (Å²) < 4.78 is 10.6. The Morgan fingerprint density at radius 3 is 2.55 bits per heavy atom. The van der Waals surface area contributed by atoms with Crippen molar-refractivity contribution >= 4 is 23.5 Å². The quantitative estimate of drug-likeness (QED) is 0.585. The van der Waals surface area contributed by atoms with Crippen LogP contribution in [0, 0.1) is 18.8 Å². The number of esters is 1. The van der Waals surface area contributed by atoms with Crippen LogP contribution in [0.2, 0.25) is 0 Å². The minimum atomic E-state index is -1.20. The molecule has 7 nitrogen and oxygen atoms in total. The molecule has 0 unspecified atom stereocenters. The molecule has 0 aromatic heterocycles. The summed E-state index contributed by atoms with van der Waals surface area (Å²) in [6, 6.07) is 14.2. The van der Waals surface area contributed by atoms with E-state index < -0.39 is 23.3 Å². The highest BCUT2D eigenvalue weighted by molar-refractivity contribution is 6.23. The van der Waals surface area contributed by atoms with E-state index >= 15 is 0 Å². The zero-order valence-electron chi connectivity index (χ0n) is 18.1. The first-order chi connectivity index (χ1) is 14.8. The van der Waals surface area contributed by atoms with Gasteiger partial charge in [-0.3, -0.25) is 9.59 Å². The van der Waals surface area contributed by atoms with Crippen molar-refractivity contribution in [3.63, 3.8) is 0 Å². The van der Waals surface area contributed by atoms with Gasteiger partial charge in [0.05, 0.1) is 19.4 Å². The maximum Gasteiger partial charge on any atom is 0.368 e. The number of carbonyl (C=O) groups is 3. The van der Waals surface area contributed by atoms with Crippen molar-refractivity contribution in [2.24, 2.45) is 11.8 Å². The van der Waals surface area contributed by atoms with Gasteiger partial charge in [0.25, 0.3) is 0 Å². The summed E-state index contributed by atoms with van der Waals surface area (Å²) in [6.45, 7) is 5.62. The predicted molar refractivity (Wildman–Crippen MR) is 113 cm³/mol. The molecule has 2 N–H and O–H groups in total. The van der Waals surface area contributed by atoms with E-state index in [4.69, 9.17) is 9.47 Å². The van der Waals surface area contributed by atoms with Gasteiger partial charge in [0.15, 0.2) is 0 Å². The van der Waals surface area contributed by atoms with Gasteiger partial charge < -0.3 is 14.8 Å². The number of anilines is 1. The zero-order valence-corrected chi connectivity index (χ0v) is 18.1. The lowest BCUT2D eigenvalue weighted by atomic mass is 9.80. The Labute approximate surface area is 181 Å². The highest BCUT2D eigenvalue weighted by Gasteiger charge is 2.71. The molecule has 31 heavy (non-hydrogen) atoms. The molecule has 0 bridgehead atoms. The lowest BCUT2D eigenvalue weighted by Crippen LogP contribution is -2.97. The van der Waals surface area contributed by atoms with Crippen LogP contribution in [0.15, 0.2) is 48.5 Å². The molecule has 2 aromatic rings. The molecule has 0 radical (unpaired) electrons. The van der Waals surface area contributed by atoms with Crippen molar-refractivity contribution < 1.29 is 29.2 Å². The number of methoxy groups -OCH3 is 1. The standard InChI is InChI=1S/C24H26N2O5/c1-5-31-23(29)24(3)19-18(20(25-24)17-12-7-6-9-14(17)2)21(27)26(22(19)28)15-10-8-11-16(13-15)30-4/h6-13,18-20,25H,5H2,1-4H3/p+1/t18-,19+,20-,24+/m0/s1. The lowest BCUT2D eigenvalue weighted by molar-refractivity contribution is -0.731. The summed E-state index contributed by atoms with van der Waals surface area (Å²) in [4.78, 5) is 41.5. The molecule has 2 aliphatic rings. The SMILES string of the molecule is CCOC(=O)[C@]1(C)[NH2+][C@@H](c2ccccc2C)[C@H]2C(=O)N(c3cccc(OC)c3)C(=O)[C@@H]21. The molecule has 4 rings (SSSR count). The van der Waals surface area contributed by atoms with Crippen molar-refractivity contribution in [3.05, 3.63) is 59.7 Å². The lowest BCUT2D eigenvalue weighted by Gasteiger charge is -2.26. The van der Waals surface area contributed by atoms with Gasteiger partial charge in [-0.05, 0) is 31.5 Å². The Bertz CT molecular complexity index is 1050. The van der Waals surface area contributed by atoms with Crippen LogP contribution < -0.4 is 15.0 Å². The second-order valence-corrected chi connectivity index (χ2v) is 8.27. The van der Waals surface area contributed by atoms with Crippen molar-refractivity contribution in [2.75, 3.05) is 18.6 Å². The molecule has 0 saturated carbocycles. The number of imide groups is 1. The summed E-state index contributed by atoms with van der Waals surface area (Å²) in [7, 11) is 1.53. The van der Waals surface area contributed by atoms with E-state index in [1.807, 2.05) is 36.5 Å². The zero-order chi connectivity index (χ0) is 22.3. The summed E-state index contributed by atoms with van der Waals surface area (Å²) in [5, 5.41) is 1.85. The number of carbonyl (C=O) groups excluding carboxylic acids is 3. The van der Waals surface area contributed by atoms with E-state index in [0.29, 0.717) is 11.4 Å². The smallest absolute Gasteiger partial charge is 0.368 e. The molecule has 0 spiro atoms. The summed E-state index contributed by atoms with van der Waals surface area (Å²) in [6.07, 6.45) is 0. The number of nitrogens with two attached hydrogens (primary N) is 1. The van der Waals surface area contributed by atoms with Gasteiger partial charge in [-0.2, -0.15) is 0 Å². The third-order valence-corrected chi connectivity index (χ3v) is 6.48. The topological polar surface area (TPSA) is 89.5 Å². The summed E-state index contributed by atoms with van der Waals surface area (Å²) in [5.41, 5.74) is 1.20. The highest BCUT2D eigenvalue weighted by Crippen LogP contribution is 2.46. The number of rotatable bonds is 5. The van der Waals surface area contributed by atoms with Crippen LogP contribution in [0.4, 0.5) is 5.69 Å². The van der Waals surface area contributed by atoms with Crippen LogP contribution in [0.5, 0.6) is 5.75 Å². The molecular weight excluding hydrogens is 396 g/mol. The molecule has 2 aliphatic heterocycles. The Morgan fingerprint density at radius 1 is 1.13 bits per heavy atom. The number of nitrogens with zero attached hydrogens (tertiary/aromatic N) is 1. The molecule has 7 heteroatoms. The average Bonchev–Trinajstić information content (AvgIpc) is 3.22. The summed E-state index contributed by atoms with van der Waals surface area (Å²) >= 11 is 0. The second kappa shape index (κ2) is 7.81. The van der Waals surface area contributed by atoms with Crippen molar-refractivity contribution in [3.8, 4) is 5.75 Å². The molecule has 2 amide bonds. The second-order valence-electron chi connectivity index (χ2n) is 8.27. The highest BCUT2D eigenvalue weighted by atomic mass is 16.5. The van der Waals surface area contributed by atoms with Gasteiger partial charge in [0.1, 0.15) is 23.6 Å². The monoisotopic (exact) mass is 423 g/mol. The maximum atomic E-state index is 13.7. The number of fused-ring (bicyclic) bond motifs is 1. The first-order valence-corrected chi connectivity index (χ1v) is 10.4. The van der Waals surface area contributed by atoms with E-state index in [-0.39, 0.29) is 24.5 Å².